The molecule has 2 N–H and O–H groups in total. The summed E-state index contributed by atoms with van der Waals surface area (Å²) in [5.41, 5.74) is 0.301. The number of aliphatic hydroxyl groups excluding tert-OH is 1. The monoisotopic (exact) mass is 188 g/mol. The van der Waals surface area contributed by atoms with E-state index in [0.29, 0.717) is 11.3 Å². The lowest BCUT2D eigenvalue weighted by Crippen LogP contribution is -2.10. The molecule has 4 nitrogen and oxygen atoms in total. The minimum Gasteiger partial charge on any atom is -0.495 e. The zero-order valence-electron chi connectivity index (χ0n) is 6.35. The first-order valence-corrected chi connectivity index (χ1v) is 4.12. The van der Waals surface area contributed by atoms with Crippen molar-refractivity contribution in [3.8, 4) is 5.75 Å². The van der Waals surface area contributed by atoms with Crippen molar-refractivity contribution in [3.05, 3.63) is 16.3 Å². The SMILES string of the molecule is COc1cscc1C(O)C(=O)O. The van der Waals surface area contributed by atoms with Crippen LogP contribution in [0.5, 0.6) is 5.75 Å². The van der Waals surface area contributed by atoms with Crippen molar-refractivity contribution in [2.24, 2.45) is 0 Å². The molecule has 0 aliphatic heterocycles. The molecule has 0 aliphatic carbocycles. The summed E-state index contributed by atoms with van der Waals surface area (Å²) in [6, 6.07) is 0. The van der Waals surface area contributed by atoms with E-state index in [4.69, 9.17) is 14.9 Å². The summed E-state index contributed by atoms with van der Waals surface area (Å²) < 4.78 is 4.84. The summed E-state index contributed by atoms with van der Waals surface area (Å²) in [5, 5.41) is 20.8. The molecule has 66 valence electrons. The van der Waals surface area contributed by atoms with Crippen molar-refractivity contribution >= 4 is 17.3 Å². The minimum atomic E-state index is -1.49. The molecule has 0 amide bonds. The maximum Gasteiger partial charge on any atom is 0.337 e. The van der Waals surface area contributed by atoms with Gasteiger partial charge in [0.05, 0.1) is 7.11 Å². The van der Waals surface area contributed by atoms with Gasteiger partial charge in [0.2, 0.25) is 0 Å². The maximum absolute atomic E-state index is 10.4. The minimum absolute atomic E-state index is 0.301. The van der Waals surface area contributed by atoms with E-state index in [1.54, 1.807) is 10.8 Å². The first-order valence-electron chi connectivity index (χ1n) is 3.17. The van der Waals surface area contributed by atoms with Crippen LogP contribution in [0.25, 0.3) is 0 Å². The summed E-state index contributed by atoms with van der Waals surface area (Å²) in [7, 11) is 1.43. The molecule has 0 bridgehead atoms. The summed E-state index contributed by atoms with van der Waals surface area (Å²) in [4.78, 5) is 10.4. The van der Waals surface area contributed by atoms with E-state index >= 15 is 0 Å². The summed E-state index contributed by atoms with van der Waals surface area (Å²) >= 11 is 1.29. The van der Waals surface area contributed by atoms with Crippen LogP contribution in [0.1, 0.15) is 11.7 Å². The molecule has 12 heavy (non-hydrogen) atoms. The molecule has 1 rings (SSSR count). The van der Waals surface area contributed by atoms with Crippen molar-refractivity contribution in [1.82, 2.24) is 0 Å². The standard InChI is InChI=1S/C7H8O4S/c1-11-5-3-12-2-4(5)6(8)7(9)10/h2-3,6,8H,1H3,(H,9,10). The number of aliphatic hydroxyl groups is 1. The van der Waals surface area contributed by atoms with E-state index in [-0.39, 0.29) is 0 Å². The highest BCUT2D eigenvalue weighted by Crippen LogP contribution is 2.28. The Morgan fingerprint density at radius 1 is 1.67 bits per heavy atom. The van der Waals surface area contributed by atoms with Gasteiger partial charge in [0.15, 0.2) is 6.10 Å². The third-order valence-electron chi connectivity index (χ3n) is 1.40. The molecule has 0 radical (unpaired) electrons. The predicted molar refractivity (Wildman–Crippen MR) is 43.5 cm³/mol. The van der Waals surface area contributed by atoms with Crippen LogP contribution >= 0.6 is 11.3 Å². The topological polar surface area (TPSA) is 66.8 Å². The number of carbonyl (C=O) groups is 1. The number of thiophene rings is 1. The Hall–Kier alpha value is -1.07. The van der Waals surface area contributed by atoms with Crippen LogP contribution < -0.4 is 4.74 Å². The van der Waals surface area contributed by atoms with Crippen LogP contribution in [0, 0.1) is 0 Å². The van der Waals surface area contributed by atoms with Gasteiger partial charge in [-0.15, -0.1) is 11.3 Å². The number of carboxylic acids is 1. The molecule has 0 fully saturated rings. The lowest BCUT2D eigenvalue weighted by atomic mass is 10.2. The molecule has 0 aliphatic rings. The lowest BCUT2D eigenvalue weighted by Gasteiger charge is -2.05. The van der Waals surface area contributed by atoms with Gasteiger partial charge in [-0.1, -0.05) is 0 Å². The molecule has 0 aromatic carbocycles. The normalized spacial score (nSPS) is 12.5. The number of methoxy groups -OCH3 is 1. The Kier molecular flexibility index (Phi) is 2.67. The van der Waals surface area contributed by atoms with Crippen molar-refractivity contribution in [1.29, 1.82) is 0 Å². The summed E-state index contributed by atoms with van der Waals surface area (Å²) in [5.74, 6) is -0.860. The van der Waals surface area contributed by atoms with Crippen LogP contribution in [-0.2, 0) is 4.79 Å². The number of ether oxygens (including phenoxy) is 1. The highest BCUT2D eigenvalue weighted by molar-refractivity contribution is 7.08. The number of carboxylic acid groups (broad SMARTS) is 1. The van der Waals surface area contributed by atoms with Crippen LogP contribution in [0.2, 0.25) is 0 Å². The highest BCUT2D eigenvalue weighted by Gasteiger charge is 2.20. The van der Waals surface area contributed by atoms with Crippen LogP contribution in [-0.4, -0.2) is 23.3 Å². The molecule has 1 atom stereocenters. The van der Waals surface area contributed by atoms with E-state index < -0.39 is 12.1 Å². The van der Waals surface area contributed by atoms with Gasteiger partial charge < -0.3 is 14.9 Å². The molecule has 5 heteroatoms. The first kappa shape index (κ1) is 9.02. The van der Waals surface area contributed by atoms with Crippen molar-refractivity contribution in [3.63, 3.8) is 0 Å². The van der Waals surface area contributed by atoms with Gasteiger partial charge in [-0.3, -0.25) is 0 Å². The van der Waals surface area contributed by atoms with Crippen LogP contribution in [0.4, 0.5) is 0 Å². The molecule has 0 spiro atoms. The summed E-state index contributed by atoms with van der Waals surface area (Å²) in [6.45, 7) is 0. The number of hydrogen-bond donors (Lipinski definition) is 2. The molecular formula is C7H8O4S. The highest BCUT2D eigenvalue weighted by atomic mass is 32.1. The Morgan fingerprint density at radius 3 is 2.83 bits per heavy atom. The Morgan fingerprint density at radius 2 is 2.33 bits per heavy atom. The Bertz CT molecular complexity index is 281. The first-order chi connectivity index (χ1) is 5.66. The second kappa shape index (κ2) is 3.55. The van der Waals surface area contributed by atoms with Gasteiger partial charge in [-0.25, -0.2) is 4.79 Å². The number of aliphatic carboxylic acids is 1. The van der Waals surface area contributed by atoms with E-state index in [9.17, 15) is 4.79 Å². The summed E-state index contributed by atoms with van der Waals surface area (Å²) in [6.07, 6.45) is -1.49. The van der Waals surface area contributed by atoms with Crippen molar-refractivity contribution in [2.45, 2.75) is 6.10 Å². The molecule has 1 heterocycles. The third kappa shape index (κ3) is 1.57. The smallest absolute Gasteiger partial charge is 0.337 e. The largest absolute Gasteiger partial charge is 0.495 e. The molecule has 1 aromatic heterocycles. The van der Waals surface area contributed by atoms with Gasteiger partial charge in [-0.2, -0.15) is 0 Å². The van der Waals surface area contributed by atoms with Gasteiger partial charge in [-0.05, 0) is 0 Å². The molecule has 0 saturated carbocycles. The van der Waals surface area contributed by atoms with Crippen LogP contribution in [0.3, 0.4) is 0 Å². The molecule has 0 saturated heterocycles. The van der Waals surface area contributed by atoms with Gasteiger partial charge in [0, 0.05) is 16.3 Å². The maximum atomic E-state index is 10.4. The quantitative estimate of drug-likeness (QED) is 0.738. The van der Waals surface area contributed by atoms with E-state index in [1.165, 1.54) is 18.4 Å². The lowest BCUT2D eigenvalue weighted by molar-refractivity contribution is -0.147. The van der Waals surface area contributed by atoms with Crippen LogP contribution in [0.15, 0.2) is 10.8 Å². The Labute approximate surface area is 73.0 Å². The van der Waals surface area contributed by atoms with Crippen molar-refractivity contribution in [2.75, 3.05) is 7.11 Å². The fourth-order valence-corrected chi connectivity index (χ4v) is 1.61. The molecular weight excluding hydrogens is 180 g/mol. The molecule has 1 aromatic rings. The van der Waals surface area contributed by atoms with Gasteiger partial charge in [0.1, 0.15) is 5.75 Å². The molecule has 1 unspecified atom stereocenters. The fraction of sp³-hybridized carbons (Fsp3) is 0.286. The average molecular weight is 188 g/mol. The third-order valence-corrected chi connectivity index (χ3v) is 2.14. The predicted octanol–water partition coefficient (Wildman–Crippen LogP) is 0.875. The Balaban J connectivity index is 2.93. The number of rotatable bonds is 3. The zero-order chi connectivity index (χ0) is 9.14. The van der Waals surface area contributed by atoms with Gasteiger partial charge in [0.25, 0.3) is 0 Å². The second-order valence-electron chi connectivity index (χ2n) is 2.14. The van der Waals surface area contributed by atoms with E-state index in [1.807, 2.05) is 0 Å². The number of hydrogen-bond acceptors (Lipinski definition) is 4. The zero-order valence-corrected chi connectivity index (χ0v) is 7.17. The average Bonchev–Trinajstić information content (AvgIpc) is 2.49. The fourth-order valence-electron chi connectivity index (χ4n) is 0.793. The second-order valence-corrected chi connectivity index (χ2v) is 2.88. The van der Waals surface area contributed by atoms with E-state index in [2.05, 4.69) is 0 Å². The van der Waals surface area contributed by atoms with Crippen molar-refractivity contribution < 1.29 is 19.7 Å². The van der Waals surface area contributed by atoms with Gasteiger partial charge >= 0.3 is 5.97 Å². The van der Waals surface area contributed by atoms with E-state index in [0.717, 1.165) is 0 Å².